The van der Waals surface area contributed by atoms with Gasteiger partial charge in [0.2, 0.25) is 15.3 Å². The molecule has 0 aliphatic heterocycles. The molecule has 0 saturated carbocycles. The summed E-state index contributed by atoms with van der Waals surface area (Å²) in [6.45, 7) is 2.26. The Kier molecular flexibility index (Phi) is 4.87. The van der Waals surface area contributed by atoms with Crippen molar-refractivity contribution in [3.05, 3.63) is 17.7 Å². The summed E-state index contributed by atoms with van der Waals surface area (Å²) in [4.78, 5) is 7.28. The minimum absolute atomic E-state index is 0.00272. The molecule has 0 bridgehead atoms. The van der Waals surface area contributed by atoms with Crippen LogP contribution in [0.1, 0.15) is 13.3 Å². The molecular weight excluding hydrogens is 262 g/mol. The maximum Gasteiger partial charge on any atom is 0.247 e. The van der Waals surface area contributed by atoms with E-state index in [-0.39, 0.29) is 16.7 Å². The van der Waals surface area contributed by atoms with Gasteiger partial charge in [-0.05, 0) is 18.0 Å². The van der Waals surface area contributed by atoms with Gasteiger partial charge in [-0.1, -0.05) is 12.8 Å². The number of hydrogen-bond acceptors (Lipinski definition) is 4. The van der Waals surface area contributed by atoms with Gasteiger partial charge in [-0.2, -0.15) is 4.31 Å². The summed E-state index contributed by atoms with van der Waals surface area (Å²) < 4.78 is 25.5. The summed E-state index contributed by atoms with van der Waals surface area (Å²) in [5.41, 5.74) is 0. The smallest absolute Gasteiger partial charge is 0.225 e. The summed E-state index contributed by atoms with van der Waals surface area (Å²) in [6, 6.07) is 0. The standard InChI is InChI=1S/C10H12ClN3O2S/c1-3-5-14(6-4-2)17(15,16)9-7-12-10(11)13-8-9/h1,7-8H,4-6H2,2H3. The Labute approximate surface area is 106 Å². The van der Waals surface area contributed by atoms with Crippen molar-refractivity contribution in [2.75, 3.05) is 13.1 Å². The summed E-state index contributed by atoms with van der Waals surface area (Å²) in [6.07, 6.45) is 8.17. The highest BCUT2D eigenvalue weighted by Gasteiger charge is 2.23. The SMILES string of the molecule is C#CCN(CCC)S(=O)(=O)c1cnc(Cl)nc1. The van der Waals surface area contributed by atoms with Crippen LogP contribution in [-0.4, -0.2) is 35.8 Å². The van der Waals surface area contributed by atoms with E-state index in [2.05, 4.69) is 15.9 Å². The monoisotopic (exact) mass is 273 g/mol. The van der Waals surface area contributed by atoms with Crippen LogP contribution in [0.25, 0.3) is 0 Å². The van der Waals surface area contributed by atoms with E-state index in [9.17, 15) is 8.42 Å². The van der Waals surface area contributed by atoms with Crippen molar-refractivity contribution in [3.8, 4) is 12.3 Å². The molecule has 17 heavy (non-hydrogen) atoms. The average molecular weight is 274 g/mol. The van der Waals surface area contributed by atoms with E-state index in [1.807, 2.05) is 6.92 Å². The van der Waals surface area contributed by atoms with Crippen molar-refractivity contribution in [2.45, 2.75) is 18.2 Å². The minimum Gasteiger partial charge on any atom is -0.225 e. The van der Waals surface area contributed by atoms with Crippen LogP contribution in [0.4, 0.5) is 0 Å². The van der Waals surface area contributed by atoms with E-state index in [0.717, 1.165) is 0 Å². The molecular formula is C10H12ClN3O2S. The van der Waals surface area contributed by atoms with E-state index >= 15 is 0 Å². The van der Waals surface area contributed by atoms with Gasteiger partial charge in [-0.3, -0.25) is 0 Å². The number of rotatable bonds is 5. The maximum atomic E-state index is 12.1. The first kappa shape index (κ1) is 13.9. The van der Waals surface area contributed by atoms with Gasteiger partial charge in [0.15, 0.2) is 0 Å². The molecule has 0 N–H and O–H groups in total. The number of sulfonamides is 1. The Balaban J connectivity index is 3.08. The second-order valence-electron chi connectivity index (χ2n) is 3.23. The van der Waals surface area contributed by atoms with Crippen LogP contribution in [0.15, 0.2) is 17.3 Å². The normalized spacial score (nSPS) is 11.4. The lowest BCUT2D eigenvalue weighted by atomic mass is 10.5. The molecule has 0 aliphatic carbocycles. The van der Waals surface area contributed by atoms with Gasteiger partial charge in [0, 0.05) is 6.54 Å². The third-order valence-corrected chi connectivity index (χ3v) is 3.97. The Morgan fingerprint density at radius 1 is 1.47 bits per heavy atom. The summed E-state index contributed by atoms with van der Waals surface area (Å²) in [7, 11) is -3.63. The first-order chi connectivity index (χ1) is 8.02. The molecule has 1 aromatic heterocycles. The fraction of sp³-hybridized carbons (Fsp3) is 0.400. The quantitative estimate of drug-likeness (QED) is 0.597. The lowest BCUT2D eigenvalue weighted by Crippen LogP contribution is -2.32. The van der Waals surface area contributed by atoms with Crippen LogP contribution < -0.4 is 0 Å². The van der Waals surface area contributed by atoms with E-state index < -0.39 is 10.0 Å². The highest BCUT2D eigenvalue weighted by Crippen LogP contribution is 2.14. The minimum atomic E-state index is -3.63. The van der Waals surface area contributed by atoms with Crippen molar-refractivity contribution in [1.29, 1.82) is 0 Å². The van der Waals surface area contributed by atoms with E-state index in [1.165, 1.54) is 16.7 Å². The molecule has 0 unspecified atom stereocenters. The van der Waals surface area contributed by atoms with Crippen LogP contribution in [0.5, 0.6) is 0 Å². The average Bonchev–Trinajstić information content (AvgIpc) is 2.29. The fourth-order valence-corrected chi connectivity index (χ4v) is 2.65. The van der Waals surface area contributed by atoms with Gasteiger partial charge in [-0.15, -0.1) is 6.42 Å². The van der Waals surface area contributed by atoms with Gasteiger partial charge in [0.25, 0.3) is 0 Å². The van der Waals surface area contributed by atoms with E-state index in [0.29, 0.717) is 13.0 Å². The molecule has 1 rings (SSSR count). The molecule has 0 fully saturated rings. The van der Waals surface area contributed by atoms with Gasteiger partial charge in [-0.25, -0.2) is 18.4 Å². The van der Waals surface area contributed by atoms with Crippen molar-refractivity contribution in [3.63, 3.8) is 0 Å². The lowest BCUT2D eigenvalue weighted by molar-refractivity contribution is 0.445. The predicted molar refractivity (Wildman–Crippen MR) is 64.9 cm³/mol. The number of halogens is 1. The first-order valence-electron chi connectivity index (χ1n) is 4.93. The van der Waals surface area contributed by atoms with Crippen LogP contribution in [-0.2, 0) is 10.0 Å². The van der Waals surface area contributed by atoms with Crippen molar-refractivity contribution >= 4 is 21.6 Å². The Morgan fingerprint density at radius 3 is 2.53 bits per heavy atom. The molecule has 0 atom stereocenters. The highest BCUT2D eigenvalue weighted by molar-refractivity contribution is 7.89. The van der Waals surface area contributed by atoms with Crippen LogP contribution in [0, 0.1) is 12.3 Å². The summed E-state index contributed by atoms with van der Waals surface area (Å²) >= 11 is 5.50. The Bertz CT molecular complexity index is 507. The van der Waals surface area contributed by atoms with Crippen LogP contribution in [0.3, 0.4) is 0 Å². The van der Waals surface area contributed by atoms with Gasteiger partial charge in [0.05, 0.1) is 18.9 Å². The zero-order chi connectivity index (χ0) is 12.9. The fourth-order valence-electron chi connectivity index (χ4n) is 1.22. The zero-order valence-electron chi connectivity index (χ0n) is 9.30. The molecule has 92 valence electrons. The second-order valence-corrected chi connectivity index (χ2v) is 5.51. The predicted octanol–water partition coefficient (Wildman–Crippen LogP) is 1.16. The molecule has 7 heteroatoms. The molecule has 5 nitrogen and oxygen atoms in total. The third-order valence-electron chi connectivity index (χ3n) is 1.98. The number of nitrogens with zero attached hydrogens (tertiary/aromatic N) is 3. The van der Waals surface area contributed by atoms with Crippen LogP contribution >= 0.6 is 11.6 Å². The van der Waals surface area contributed by atoms with E-state index in [4.69, 9.17) is 18.0 Å². The number of aromatic nitrogens is 2. The van der Waals surface area contributed by atoms with Crippen molar-refractivity contribution in [2.24, 2.45) is 0 Å². The molecule has 0 aliphatic rings. The largest absolute Gasteiger partial charge is 0.247 e. The van der Waals surface area contributed by atoms with Gasteiger partial charge < -0.3 is 0 Å². The zero-order valence-corrected chi connectivity index (χ0v) is 10.9. The molecule has 0 radical (unpaired) electrons. The van der Waals surface area contributed by atoms with Crippen molar-refractivity contribution in [1.82, 2.24) is 14.3 Å². The third kappa shape index (κ3) is 3.40. The lowest BCUT2D eigenvalue weighted by Gasteiger charge is -2.18. The molecule has 0 aromatic carbocycles. The summed E-state index contributed by atoms with van der Waals surface area (Å²) in [5.74, 6) is 2.32. The molecule has 0 amide bonds. The second kappa shape index (κ2) is 5.96. The topological polar surface area (TPSA) is 63.2 Å². The number of terminal acetylenes is 1. The van der Waals surface area contributed by atoms with Gasteiger partial charge >= 0.3 is 0 Å². The van der Waals surface area contributed by atoms with Crippen LogP contribution in [0.2, 0.25) is 5.28 Å². The maximum absolute atomic E-state index is 12.1. The molecule has 1 heterocycles. The summed E-state index contributed by atoms with van der Waals surface area (Å²) in [5, 5.41) is 0.00272. The molecule has 0 saturated heterocycles. The number of hydrogen-bond donors (Lipinski definition) is 0. The Hall–Kier alpha value is -1.16. The molecule has 0 spiro atoms. The van der Waals surface area contributed by atoms with E-state index in [1.54, 1.807) is 0 Å². The first-order valence-corrected chi connectivity index (χ1v) is 6.75. The highest BCUT2D eigenvalue weighted by atomic mass is 35.5. The van der Waals surface area contributed by atoms with Crippen molar-refractivity contribution < 1.29 is 8.42 Å². The Morgan fingerprint density at radius 2 is 2.06 bits per heavy atom. The molecule has 1 aromatic rings. The van der Waals surface area contributed by atoms with Gasteiger partial charge in [0.1, 0.15) is 4.90 Å².